The van der Waals surface area contributed by atoms with Crippen LogP contribution in [0.2, 0.25) is 0 Å². The van der Waals surface area contributed by atoms with Gasteiger partial charge in [-0.05, 0) is 93.2 Å². The highest BCUT2D eigenvalue weighted by atomic mass is 32.2. The Kier molecular flexibility index (Phi) is 7.24. The Labute approximate surface area is 355 Å². The van der Waals surface area contributed by atoms with E-state index in [4.69, 9.17) is 9.97 Å². The van der Waals surface area contributed by atoms with Crippen molar-refractivity contribution in [1.82, 2.24) is 9.97 Å². The average molecular weight is 799 g/mol. The zero-order valence-electron chi connectivity index (χ0n) is 32.7. The summed E-state index contributed by atoms with van der Waals surface area (Å²) in [6.07, 6.45) is 0. The van der Waals surface area contributed by atoms with Crippen molar-refractivity contribution < 1.29 is 4.21 Å². The number of nitrogens with zero attached hydrogens (tertiary/aromatic N) is 4. The molecule has 1 unspecified atom stereocenters. The molecule has 61 heavy (non-hydrogen) atoms. The topological polar surface area (TPSA) is 49.3 Å². The SMILES string of the molecule is O=S1c2ccccc2N(c2ccccc2)c2c1ccc1c2-c2ccccc2C12c1ccccc1N(c1nc(-c3ccc4ccccc4c3)c3ccccc3n1)c1ccccc12. The number of rotatable bonds is 3. The lowest BCUT2D eigenvalue weighted by Gasteiger charge is -2.44. The van der Waals surface area contributed by atoms with E-state index in [0.29, 0.717) is 5.95 Å². The first-order valence-corrected chi connectivity index (χ1v) is 21.7. The molecular weight excluding hydrogens is 765 g/mol. The van der Waals surface area contributed by atoms with Crippen molar-refractivity contribution in [3.63, 3.8) is 0 Å². The molecule has 0 fully saturated rings. The minimum absolute atomic E-state index is 0.607. The maximum atomic E-state index is 14.7. The van der Waals surface area contributed by atoms with E-state index in [1.54, 1.807) is 0 Å². The van der Waals surface area contributed by atoms with Crippen LogP contribution in [-0.2, 0) is 16.2 Å². The van der Waals surface area contributed by atoms with Crippen molar-refractivity contribution in [1.29, 1.82) is 0 Å². The molecule has 10 aromatic rings. The molecule has 2 aliphatic heterocycles. The third kappa shape index (κ3) is 4.68. The Morgan fingerprint density at radius 3 is 1.90 bits per heavy atom. The lowest BCUT2D eigenvalue weighted by Crippen LogP contribution is -2.36. The highest BCUT2D eigenvalue weighted by molar-refractivity contribution is 7.85. The fourth-order valence-corrected chi connectivity index (χ4v) is 11.7. The summed E-state index contributed by atoms with van der Waals surface area (Å²) in [5.41, 5.74) is 13.8. The molecule has 0 saturated carbocycles. The highest BCUT2D eigenvalue weighted by Crippen LogP contribution is 2.66. The molecule has 3 heterocycles. The van der Waals surface area contributed by atoms with Gasteiger partial charge in [0.1, 0.15) is 0 Å². The van der Waals surface area contributed by atoms with Crippen LogP contribution >= 0.6 is 0 Å². The molecule has 0 bridgehead atoms. The number of benzene rings is 9. The predicted molar refractivity (Wildman–Crippen MR) is 247 cm³/mol. The molecule has 9 aromatic carbocycles. The number of anilines is 6. The molecule has 5 nitrogen and oxygen atoms in total. The van der Waals surface area contributed by atoms with Gasteiger partial charge in [-0.1, -0.05) is 152 Å². The number of hydrogen-bond donors (Lipinski definition) is 0. The lowest BCUT2D eigenvalue weighted by molar-refractivity contribution is 0.682. The fraction of sp³-hybridized carbons (Fsp3) is 0.0182. The first kappa shape index (κ1) is 34.2. The zero-order valence-corrected chi connectivity index (χ0v) is 33.6. The van der Waals surface area contributed by atoms with Crippen LogP contribution in [0.3, 0.4) is 0 Å². The molecule has 0 amide bonds. The van der Waals surface area contributed by atoms with Crippen molar-refractivity contribution in [2.75, 3.05) is 9.80 Å². The summed E-state index contributed by atoms with van der Waals surface area (Å²) in [5.74, 6) is 0.607. The smallest absolute Gasteiger partial charge is 0.235 e. The van der Waals surface area contributed by atoms with Crippen molar-refractivity contribution in [3.8, 4) is 22.4 Å². The van der Waals surface area contributed by atoms with Crippen LogP contribution in [0.1, 0.15) is 22.3 Å². The zero-order chi connectivity index (χ0) is 40.2. The highest BCUT2D eigenvalue weighted by Gasteiger charge is 2.53. The Balaban J connectivity index is 1.10. The predicted octanol–water partition coefficient (Wildman–Crippen LogP) is 13.5. The lowest BCUT2D eigenvalue weighted by atomic mass is 9.64. The third-order valence-corrected chi connectivity index (χ3v) is 14.3. The van der Waals surface area contributed by atoms with Gasteiger partial charge in [0.2, 0.25) is 5.95 Å². The van der Waals surface area contributed by atoms with Gasteiger partial charge in [0.15, 0.2) is 0 Å². The Morgan fingerprint density at radius 2 is 1.10 bits per heavy atom. The minimum atomic E-state index is -1.40. The fourth-order valence-electron chi connectivity index (χ4n) is 10.3. The van der Waals surface area contributed by atoms with Crippen LogP contribution in [-0.4, -0.2) is 14.2 Å². The maximum Gasteiger partial charge on any atom is 0.235 e. The van der Waals surface area contributed by atoms with E-state index in [0.717, 1.165) is 88.2 Å². The molecule has 0 saturated heterocycles. The molecule has 3 aliphatic rings. The summed E-state index contributed by atoms with van der Waals surface area (Å²) in [6.45, 7) is 0. The van der Waals surface area contributed by atoms with Gasteiger partial charge >= 0.3 is 0 Å². The van der Waals surface area contributed by atoms with E-state index >= 15 is 0 Å². The number of para-hydroxylation sites is 5. The average Bonchev–Trinajstić information content (AvgIpc) is 3.62. The monoisotopic (exact) mass is 798 g/mol. The molecule has 286 valence electrons. The van der Waals surface area contributed by atoms with Crippen LogP contribution in [0.5, 0.6) is 0 Å². The quantitative estimate of drug-likeness (QED) is 0.178. The Bertz CT molecular complexity index is 3440. The van der Waals surface area contributed by atoms with Crippen LogP contribution in [0, 0.1) is 0 Å². The second-order valence-electron chi connectivity index (χ2n) is 15.9. The van der Waals surface area contributed by atoms with E-state index in [1.165, 1.54) is 16.3 Å². The summed E-state index contributed by atoms with van der Waals surface area (Å²) in [5, 5.41) is 3.36. The van der Waals surface area contributed by atoms with Crippen molar-refractivity contribution in [2.45, 2.75) is 15.2 Å². The van der Waals surface area contributed by atoms with Crippen LogP contribution < -0.4 is 9.80 Å². The first-order valence-electron chi connectivity index (χ1n) is 20.6. The summed E-state index contributed by atoms with van der Waals surface area (Å²) in [7, 11) is -1.40. The second kappa shape index (κ2) is 12.9. The third-order valence-electron chi connectivity index (χ3n) is 12.8. The number of aromatic nitrogens is 2. The van der Waals surface area contributed by atoms with Gasteiger partial charge in [0.25, 0.3) is 0 Å². The Morgan fingerprint density at radius 1 is 0.459 bits per heavy atom. The molecule has 6 heteroatoms. The molecular formula is C55H34N4OS. The van der Waals surface area contributed by atoms with Crippen LogP contribution in [0.25, 0.3) is 44.1 Å². The van der Waals surface area contributed by atoms with Gasteiger partial charge in [-0.2, -0.15) is 0 Å². The molecule has 0 N–H and O–H groups in total. The number of hydrogen-bond acceptors (Lipinski definition) is 5. The molecule has 13 rings (SSSR count). The van der Waals surface area contributed by atoms with Gasteiger partial charge in [-0.25, -0.2) is 14.2 Å². The Hall–Kier alpha value is -7.67. The second-order valence-corrected chi connectivity index (χ2v) is 17.3. The maximum absolute atomic E-state index is 14.7. The van der Waals surface area contributed by atoms with Gasteiger partial charge in [-0.15, -0.1) is 0 Å². The molecule has 1 aliphatic carbocycles. The molecule has 1 aromatic heterocycles. The van der Waals surface area contributed by atoms with Gasteiger partial charge in [0, 0.05) is 22.2 Å². The molecule has 1 atom stereocenters. The van der Waals surface area contributed by atoms with Gasteiger partial charge in [-0.3, -0.25) is 4.90 Å². The normalized spacial score (nSPS) is 15.2. The van der Waals surface area contributed by atoms with E-state index < -0.39 is 16.2 Å². The summed E-state index contributed by atoms with van der Waals surface area (Å²) in [4.78, 5) is 17.1. The van der Waals surface area contributed by atoms with Crippen molar-refractivity contribution in [3.05, 3.63) is 229 Å². The summed E-state index contributed by atoms with van der Waals surface area (Å²) in [6, 6.07) is 72.6. The van der Waals surface area contributed by atoms with Crippen molar-refractivity contribution >= 4 is 66.9 Å². The molecule has 0 radical (unpaired) electrons. The molecule has 1 spiro atoms. The largest absolute Gasteiger partial charge is 0.307 e. The van der Waals surface area contributed by atoms with Crippen LogP contribution in [0.4, 0.5) is 34.4 Å². The van der Waals surface area contributed by atoms with Crippen LogP contribution in [0.15, 0.2) is 216 Å². The van der Waals surface area contributed by atoms with Crippen molar-refractivity contribution in [2.24, 2.45) is 0 Å². The standard InChI is InChI=1S/C55H34N4OS/c60-61-49-29-15-14-28-48(49)58(38-18-2-1-3-19-38)53-50(61)33-32-44-51(53)39-20-6-8-22-41(39)55(44)42-23-9-12-26-46(42)59(47-27-13-10-24-43(47)55)54-56-45-25-11-7-21-40(45)52(57-54)37-31-30-35-16-4-5-17-36(35)34-37/h1-34H. The summed E-state index contributed by atoms with van der Waals surface area (Å²) >= 11 is 0. The first-order chi connectivity index (χ1) is 30.2. The van der Waals surface area contributed by atoms with E-state index in [9.17, 15) is 4.21 Å². The van der Waals surface area contributed by atoms with Gasteiger partial charge < -0.3 is 4.90 Å². The van der Waals surface area contributed by atoms with E-state index in [-0.39, 0.29) is 0 Å². The van der Waals surface area contributed by atoms with E-state index in [1.807, 2.05) is 30.3 Å². The summed E-state index contributed by atoms with van der Waals surface area (Å²) < 4.78 is 14.7. The minimum Gasteiger partial charge on any atom is -0.307 e. The number of fused-ring (bicyclic) bond motifs is 14. The van der Waals surface area contributed by atoms with Gasteiger partial charge in [0.05, 0.1) is 60.0 Å². The van der Waals surface area contributed by atoms with E-state index in [2.05, 4.69) is 186 Å².